The Labute approximate surface area is 113 Å². The molecule has 1 aromatic carbocycles. The van der Waals surface area contributed by atoms with Gasteiger partial charge in [-0.3, -0.25) is 9.59 Å². The van der Waals surface area contributed by atoms with Gasteiger partial charge in [0, 0.05) is 26.3 Å². The summed E-state index contributed by atoms with van der Waals surface area (Å²) in [6.45, 7) is 4.62. The molecular formula is C15H18N2O2. The number of Topliss-reactive ketones (excluding diaryl/α,β-unsaturated/α-hetero) is 1. The van der Waals surface area contributed by atoms with Crippen LogP contribution in [0, 0.1) is 0 Å². The van der Waals surface area contributed by atoms with E-state index in [9.17, 15) is 9.59 Å². The van der Waals surface area contributed by atoms with Gasteiger partial charge in [0.1, 0.15) is 0 Å². The van der Waals surface area contributed by atoms with E-state index < -0.39 is 11.7 Å². The Bertz CT molecular complexity index is 537. The zero-order chi connectivity index (χ0) is 14.0. The Morgan fingerprint density at radius 3 is 2.79 bits per heavy atom. The Morgan fingerprint density at radius 1 is 1.37 bits per heavy atom. The quantitative estimate of drug-likeness (QED) is 0.462. The zero-order valence-electron chi connectivity index (χ0n) is 11.3. The number of hydrogen-bond donors (Lipinski definition) is 0. The van der Waals surface area contributed by atoms with Crippen LogP contribution in [0.3, 0.4) is 0 Å². The highest BCUT2D eigenvalue weighted by molar-refractivity contribution is 6.52. The first-order valence-electron chi connectivity index (χ1n) is 6.34. The van der Waals surface area contributed by atoms with Crippen LogP contribution in [-0.4, -0.2) is 32.3 Å². The van der Waals surface area contributed by atoms with Gasteiger partial charge in [0.25, 0.3) is 11.7 Å². The first-order valence-corrected chi connectivity index (χ1v) is 6.34. The third kappa shape index (κ3) is 2.38. The van der Waals surface area contributed by atoms with Crippen molar-refractivity contribution in [2.24, 2.45) is 0 Å². The second kappa shape index (κ2) is 5.26. The number of likely N-dealkylation sites (N-methyl/N-ethyl adjacent to an activating group) is 1. The topological polar surface area (TPSA) is 40.6 Å². The van der Waals surface area contributed by atoms with Gasteiger partial charge in [0.15, 0.2) is 0 Å². The van der Waals surface area contributed by atoms with Crippen molar-refractivity contribution in [3.05, 3.63) is 36.4 Å². The molecule has 0 spiro atoms. The van der Waals surface area contributed by atoms with Crippen molar-refractivity contribution in [3.8, 4) is 0 Å². The van der Waals surface area contributed by atoms with E-state index in [4.69, 9.17) is 0 Å². The van der Waals surface area contributed by atoms with E-state index in [1.165, 1.54) is 4.90 Å². The standard InChI is InChI=1S/C15H18N2O2/c1-4-5-6-9-16(2)11-7-8-12-13(10-11)17(3)15(19)14(12)18/h4,7-8,10H,1,5-6,9H2,2-3H3. The predicted octanol–water partition coefficient (Wildman–Crippen LogP) is 2.25. The van der Waals surface area contributed by atoms with E-state index in [1.807, 2.05) is 25.3 Å². The molecule has 0 saturated heterocycles. The number of anilines is 2. The molecule has 19 heavy (non-hydrogen) atoms. The summed E-state index contributed by atoms with van der Waals surface area (Å²) in [5.41, 5.74) is 2.20. The molecule has 0 radical (unpaired) electrons. The van der Waals surface area contributed by atoms with Gasteiger partial charge in [-0.15, -0.1) is 6.58 Å². The maximum Gasteiger partial charge on any atom is 0.299 e. The minimum Gasteiger partial charge on any atom is -0.375 e. The van der Waals surface area contributed by atoms with Crippen LogP contribution in [0.2, 0.25) is 0 Å². The van der Waals surface area contributed by atoms with Gasteiger partial charge in [-0.2, -0.15) is 0 Å². The number of benzene rings is 1. The van der Waals surface area contributed by atoms with E-state index in [-0.39, 0.29) is 0 Å². The number of hydrogen-bond acceptors (Lipinski definition) is 3. The molecule has 0 aromatic heterocycles. The maximum absolute atomic E-state index is 11.7. The summed E-state index contributed by atoms with van der Waals surface area (Å²) in [7, 11) is 3.64. The van der Waals surface area contributed by atoms with Crippen LogP contribution < -0.4 is 9.80 Å². The molecule has 4 nitrogen and oxygen atoms in total. The summed E-state index contributed by atoms with van der Waals surface area (Å²) in [4.78, 5) is 26.8. The van der Waals surface area contributed by atoms with E-state index in [1.54, 1.807) is 13.1 Å². The molecule has 0 saturated carbocycles. The number of carbonyl (C=O) groups is 2. The van der Waals surface area contributed by atoms with Crippen LogP contribution in [0.5, 0.6) is 0 Å². The van der Waals surface area contributed by atoms with Crippen LogP contribution in [-0.2, 0) is 4.79 Å². The van der Waals surface area contributed by atoms with Gasteiger partial charge in [-0.1, -0.05) is 6.08 Å². The first-order chi connectivity index (χ1) is 9.06. The molecular weight excluding hydrogens is 240 g/mol. The summed E-state index contributed by atoms with van der Waals surface area (Å²) >= 11 is 0. The van der Waals surface area contributed by atoms with Crippen molar-refractivity contribution in [2.75, 3.05) is 30.4 Å². The van der Waals surface area contributed by atoms with Crippen LogP contribution in [0.1, 0.15) is 23.2 Å². The lowest BCUT2D eigenvalue weighted by Crippen LogP contribution is -2.25. The predicted molar refractivity (Wildman–Crippen MR) is 76.9 cm³/mol. The molecule has 1 aliphatic heterocycles. The minimum absolute atomic E-state index is 0.418. The molecule has 0 fully saturated rings. The molecule has 2 rings (SSSR count). The number of nitrogens with zero attached hydrogens (tertiary/aromatic N) is 2. The van der Waals surface area contributed by atoms with Crippen molar-refractivity contribution in [1.82, 2.24) is 0 Å². The van der Waals surface area contributed by atoms with Crippen molar-refractivity contribution in [3.63, 3.8) is 0 Å². The minimum atomic E-state index is -0.457. The number of ketones is 1. The lowest BCUT2D eigenvalue weighted by Gasteiger charge is -2.20. The Kier molecular flexibility index (Phi) is 3.69. The van der Waals surface area contributed by atoms with E-state index in [0.717, 1.165) is 25.1 Å². The normalized spacial score (nSPS) is 13.7. The third-order valence-electron chi connectivity index (χ3n) is 3.43. The molecule has 1 aromatic rings. The van der Waals surface area contributed by atoms with Gasteiger partial charge < -0.3 is 9.80 Å². The zero-order valence-corrected chi connectivity index (χ0v) is 11.3. The number of unbranched alkanes of at least 4 members (excludes halogenated alkanes) is 1. The van der Waals surface area contributed by atoms with Gasteiger partial charge in [0.05, 0.1) is 11.3 Å². The lowest BCUT2D eigenvalue weighted by atomic mass is 10.1. The largest absolute Gasteiger partial charge is 0.375 e. The number of allylic oxidation sites excluding steroid dienone is 1. The van der Waals surface area contributed by atoms with Crippen LogP contribution in [0.4, 0.5) is 11.4 Å². The highest BCUT2D eigenvalue weighted by Crippen LogP contribution is 2.31. The second-order valence-electron chi connectivity index (χ2n) is 4.75. The van der Waals surface area contributed by atoms with Gasteiger partial charge in [-0.25, -0.2) is 0 Å². The van der Waals surface area contributed by atoms with Gasteiger partial charge in [0.2, 0.25) is 0 Å². The summed E-state index contributed by atoms with van der Waals surface area (Å²) in [5.74, 6) is -0.875. The van der Waals surface area contributed by atoms with Crippen molar-refractivity contribution in [1.29, 1.82) is 0 Å². The molecule has 0 aliphatic carbocycles. The number of fused-ring (bicyclic) bond motifs is 1. The summed E-state index contributed by atoms with van der Waals surface area (Å²) in [6.07, 6.45) is 3.92. The third-order valence-corrected chi connectivity index (χ3v) is 3.43. The fraction of sp³-hybridized carbons (Fsp3) is 0.333. The monoisotopic (exact) mass is 258 g/mol. The number of carbonyl (C=O) groups excluding carboxylic acids is 2. The SMILES string of the molecule is C=CCCCN(C)c1ccc2c(c1)N(C)C(=O)C2=O. The molecule has 0 bridgehead atoms. The Morgan fingerprint density at radius 2 is 2.11 bits per heavy atom. The van der Waals surface area contributed by atoms with Gasteiger partial charge in [-0.05, 0) is 31.0 Å². The summed E-state index contributed by atoms with van der Waals surface area (Å²) < 4.78 is 0. The smallest absolute Gasteiger partial charge is 0.299 e. The van der Waals surface area contributed by atoms with Crippen molar-refractivity contribution >= 4 is 23.1 Å². The molecule has 0 atom stereocenters. The average Bonchev–Trinajstić information content (AvgIpc) is 2.64. The summed E-state index contributed by atoms with van der Waals surface area (Å²) in [5, 5.41) is 0. The highest BCUT2D eigenvalue weighted by atomic mass is 16.2. The highest BCUT2D eigenvalue weighted by Gasteiger charge is 2.33. The van der Waals surface area contributed by atoms with E-state index in [2.05, 4.69) is 11.5 Å². The number of rotatable bonds is 5. The molecule has 100 valence electrons. The number of amides is 1. The van der Waals surface area contributed by atoms with Crippen molar-refractivity contribution < 1.29 is 9.59 Å². The molecule has 0 N–H and O–H groups in total. The van der Waals surface area contributed by atoms with Crippen LogP contribution in [0.15, 0.2) is 30.9 Å². The van der Waals surface area contributed by atoms with E-state index >= 15 is 0 Å². The van der Waals surface area contributed by atoms with Crippen LogP contribution in [0.25, 0.3) is 0 Å². The Hall–Kier alpha value is -2.10. The molecule has 1 aliphatic rings. The second-order valence-corrected chi connectivity index (χ2v) is 4.75. The first kappa shape index (κ1) is 13.3. The van der Waals surface area contributed by atoms with E-state index in [0.29, 0.717) is 11.3 Å². The van der Waals surface area contributed by atoms with Gasteiger partial charge >= 0.3 is 0 Å². The summed E-state index contributed by atoms with van der Waals surface area (Å²) in [6, 6.07) is 5.52. The molecule has 1 amide bonds. The van der Waals surface area contributed by atoms with Crippen LogP contribution >= 0.6 is 0 Å². The maximum atomic E-state index is 11.7. The fourth-order valence-corrected chi connectivity index (χ4v) is 2.21. The lowest BCUT2D eigenvalue weighted by molar-refractivity contribution is -0.114. The molecule has 4 heteroatoms. The molecule has 0 unspecified atom stereocenters. The average molecular weight is 258 g/mol. The fourth-order valence-electron chi connectivity index (χ4n) is 2.21. The van der Waals surface area contributed by atoms with Crippen molar-refractivity contribution in [2.45, 2.75) is 12.8 Å². The Balaban J connectivity index is 2.20. The molecule has 1 heterocycles.